The van der Waals surface area contributed by atoms with Gasteiger partial charge in [-0.3, -0.25) is 0 Å². The van der Waals surface area contributed by atoms with Crippen LogP contribution in [0.5, 0.6) is 0 Å². The summed E-state index contributed by atoms with van der Waals surface area (Å²) in [5, 5.41) is 0. The Morgan fingerprint density at radius 3 is 0.892 bits per heavy atom. The minimum Gasteiger partial charge on any atom is -0.456 e. The molecule has 0 saturated heterocycles. The largest absolute Gasteiger partial charge is 0.473 e. The molecule has 0 aliphatic rings. The molecule has 0 aliphatic heterocycles. The lowest BCUT2D eigenvalue weighted by molar-refractivity contribution is 0.192. The van der Waals surface area contributed by atoms with Gasteiger partial charge in [0.1, 0.15) is 0 Å². The maximum Gasteiger partial charge on any atom is 0.473 e. The molecule has 0 aromatic rings. The Morgan fingerprint density at radius 1 is 0.405 bits per heavy atom. The van der Waals surface area contributed by atoms with Gasteiger partial charge < -0.3 is 28.8 Å². The van der Waals surface area contributed by atoms with E-state index >= 15 is 0 Å². The first-order chi connectivity index (χ1) is 15.9. The van der Waals surface area contributed by atoms with Crippen LogP contribution in [0.15, 0.2) is 0 Å². The molecule has 37 heavy (non-hydrogen) atoms. The van der Waals surface area contributed by atoms with Crippen molar-refractivity contribution in [3.63, 3.8) is 0 Å². The number of hydrogen-bond donors (Lipinski definition) is 0. The van der Waals surface area contributed by atoms with Crippen molar-refractivity contribution in [2.75, 3.05) is 0 Å². The van der Waals surface area contributed by atoms with E-state index in [4.69, 9.17) is 28.8 Å². The highest BCUT2D eigenvalue weighted by molar-refractivity contribution is 6.93. The van der Waals surface area contributed by atoms with Gasteiger partial charge in [0.25, 0.3) is 0 Å². The van der Waals surface area contributed by atoms with E-state index in [1.807, 2.05) is 0 Å². The SMILES string of the molecule is C[Si](C)O[Si](C)(C)CC[Si](O[Si](C)(C)O[Si](C)(C)C)(O[Si](C)(C)O[Si](C)(C)C)O[Si](C)(C)O[Si](C)(C)C. The average Bonchev–Trinajstić information content (AvgIpc) is 2.42. The third-order valence-electron chi connectivity index (χ3n) is 4.37. The standard InChI is InChI=1S/C21H61O7Si9/c1-29(2)22-33(12,13)20-21-37(26-34(14,15)23-30(3,4)5,27-35(16,17)24-31(6,7)8)28-36(18,19)25-32(9,10)11/h20-21H2,1-19H3. The van der Waals surface area contributed by atoms with Crippen LogP contribution in [0.3, 0.4) is 0 Å². The maximum absolute atomic E-state index is 7.16. The minimum atomic E-state index is -3.32. The van der Waals surface area contributed by atoms with Gasteiger partial charge in [-0.1, -0.05) is 0 Å². The Balaban J connectivity index is 6.74. The first-order valence-corrected chi connectivity index (χ1v) is 39.7. The third-order valence-corrected chi connectivity index (χ3v) is 33.9. The summed E-state index contributed by atoms with van der Waals surface area (Å²) >= 11 is 0. The quantitative estimate of drug-likeness (QED) is 0.144. The Kier molecular flexibility index (Phi) is 13.9. The summed E-state index contributed by atoms with van der Waals surface area (Å²) in [4.78, 5) is 0. The molecule has 0 aromatic heterocycles. The van der Waals surface area contributed by atoms with E-state index in [1.165, 1.54) is 0 Å². The van der Waals surface area contributed by atoms with Crippen LogP contribution in [0.2, 0.25) is 136 Å². The van der Waals surface area contributed by atoms with E-state index in [0.29, 0.717) is 6.04 Å². The molecule has 0 saturated carbocycles. The number of rotatable bonds is 17. The van der Waals surface area contributed by atoms with Crippen LogP contribution in [0.25, 0.3) is 0 Å². The molecule has 223 valence electrons. The predicted octanol–water partition coefficient (Wildman–Crippen LogP) is 8.11. The first-order valence-electron chi connectivity index (χ1n) is 13.6. The van der Waals surface area contributed by atoms with Crippen LogP contribution in [-0.2, 0) is 28.8 Å². The van der Waals surface area contributed by atoms with Gasteiger partial charge in [-0.2, -0.15) is 0 Å². The molecule has 16 heteroatoms. The van der Waals surface area contributed by atoms with Crippen molar-refractivity contribution in [1.82, 2.24) is 0 Å². The third kappa shape index (κ3) is 19.4. The molecule has 0 amide bonds. The van der Waals surface area contributed by atoms with E-state index in [0.717, 1.165) is 6.04 Å². The second kappa shape index (κ2) is 13.3. The maximum atomic E-state index is 7.16. The summed E-state index contributed by atoms with van der Waals surface area (Å²) in [5.41, 5.74) is 0. The smallest absolute Gasteiger partial charge is 0.456 e. The van der Waals surface area contributed by atoms with Gasteiger partial charge in [0.05, 0.1) is 0 Å². The first kappa shape index (κ1) is 38.7. The van der Waals surface area contributed by atoms with Crippen molar-refractivity contribution in [3.8, 4) is 0 Å². The van der Waals surface area contributed by atoms with Crippen molar-refractivity contribution >= 4 is 76.8 Å². The van der Waals surface area contributed by atoms with E-state index < -0.39 is 76.8 Å². The van der Waals surface area contributed by atoms with Crippen molar-refractivity contribution in [3.05, 3.63) is 0 Å². The van der Waals surface area contributed by atoms with Crippen LogP contribution in [0.1, 0.15) is 0 Å². The van der Waals surface area contributed by atoms with Crippen molar-refractivity contribution in [2.45, 2.75) is 136 Å². The Morgan fingerprint density at radius 2 is 0.676 bits per heavy atom. The molecule has 0 unspecified atom stereocenters. The van der Waals surface area contributed by atoms with Crippen LogP contribution in [0, 0.1) is 0 Å². The van der Waals surface area contributed by atoms with E-state index in [9.17, 15) is 0 Å². The summed E-state index contributed by atoms with van der Waals surface area (Å²) in [5.74, 6) is 0. The van der Waals surface area contributed by atoms with Gasteiger partial charge in [0.15, 0.2) is 42.3 Å². The van der Waals surface area contributed by atoms with Crippen molar-refractivity contribution < 1.29 is 28.8 Å². The van der Waals surface area contributed by atoms with Gasteiger partial charge in [0.2, 0.25) is 0 Å². The van der Waals surface area contributed by atoms with Crippen molar-refractivity contribution in [1.29, 1.82) is 0 Å². The fourth-order valence-electron chi connectivity index (χ4n) is 4.67. The molecule has 0 fully saturated rings. The highest BCUT2D eigenvalue weighted by Crippen LogP contribution is 2.35. The lowest BCUT2D eigenvalue weighted by Crippen LogP contribution is -2.66. The molecular formula is C21H61O7Si9. The van der Waals surface area contributed by atoms with E-state index in [1.54, 1.807) is 0 Å². The molecule has 0 N–H and O–H groups in total. The minimum absolute atomic E-state index is 0.698. The highest BCUT2D eigenvalue weighted by Gasteiger charge is 2.56. The summed E-state index contributed by atoms with van der Waals surface area (Å²) in [6.45, 7) is 41.8. The zero-order valence-corrected chi connectivity index (χ0v) is 36.8. The van der Waals surface area contributed by atoms with Crippen LogP contribution < -0.4 is 0 Å². The van der Waals surface area contributed by atoms with Gasteiger partial charge in [-0.15, -0.1) is 0 Å². The summed E-state index contributed by atoms with van der Waals surface area (Å²) in [6, 6.07) is 1.60. The Bertz CT molecular complexity index is 639. The number of hydrogen-bond acceptors (Lipinski definition) is 7. The van der Waals surface area contributed by atoms with Gasteiger partial charge in [0, 0.05) is 6.04 Å². The lowest BCUT2D eigenvalue weighted by atomic mass is 10.9. The predicted molar refractivity (Wildman–Crippen MR) is 180 cm³/mol. The molecule has 0 aliphatic carbocycles. The van der Waals surface area contributed by atoms with Crippen LogP contribution >= 0.6 is 0 Å². The van der Waals surface area contributed by atoms with E-state index in [2.05, 4.69) is 124 Å². The molecule has 0 aromatic carbocycles. The zero-order valence-electron chi connectivity index (χ0n) is 27.8. The molecular weight excluding hydrogens is 617 g/mol. The molecule has 0 atom stereocenters. The topological polar surface area (TPSA) is 64.6 Å². The van der Waals surface area contributed by atoms with E-state index in [-0.39, 0.29) is 0 Å². The zero-order chi connectivity index (χ0) is 29.9. The summed E-state index contributed by atoms with van der Waals surface area (Å²) < 4.78 is 48.1. The van der Waals surface area contributed by atoms with Gasteiger partial charge in [-0.25, -0.2) is 0 Å². The molecule has 0 bridgehead atoms. The van der Waals surface area contributed by atoms with Crippen LogP contribution in [-0.4, -0.2) is 76.8 Å². The van der Waals surface area contributed by atoms with Crippen LogP contribution in [0.4, 0.5) is 0 Å². The normalized spacial score (nSPS) is 15.6. The molecule has 0 spiro atoms. The monoisotopic (exact) mass is 677 g/mol. The lowest BCUT2D eigenvalue weighted by Gasteiger charge is -2.47. The second-order valence-corrected chi connectivity index (χ2v) is 49.6. The fraction of sp³-hybridized carbons (Fsp3) is 1.00. The molecule has 0 rings (SSSR count). The Hall–Kier alpha value is 1.67. The van der Waals surface area contributed by atoms with Gasteiger partial charge in [-0.05, 0) is 130 Å². The average molecular weight is 678 g/mol. The fourth-order valence-corrected chi connectivity index (χ4v) is 44.3. The molecule has 1 radical (unpaired) electrons. The summed E-state index contributed by atoms with van der Waals surface area (Å²) in [6.07, 6.45) is 0. The Labute approximate surface area is 241 Å². The summed E-state index contributed by atoms with van der Waals surface area (Å²) in [7, 11) is -19.5. The molecule has 0 heterocycles. The van der Waals surface area contributed by atoms with Crippen molar-refractivity contribution in [2.24, 2.45) is 0 Å². The van der Waals surface area contributed by atoms with Gasteiger partial charge >= 0.3 is 34.5 Å². The highest BCUT2D eigenvalue weighted by atomic mass is 28.5. The molecule has 7 nitrogen and oxygen atoms in total. The second-order valence-electron chi connectivity index (χ2n) is 15.1.